The molecule has 1 aliphatic rings. The molecule has 0 saturated carbocycles. The molecule has 0 spiro atoms. The normalized spacial score (nSPS) is 19.0. The number of aliphatic hydroxyl groups excluding tert-OH is 1. The number of fused-ring (bicyclic) bond motifs is 1. The summed E-state index contributed by atoms with van der Waals surface area (Å²) in [5, 5.41) is 20.2. The SMILES string of the molecule is Oc1cccc(-c2nc3c(s2)CCCC3O)c1. The van der Waals surface area contributed by atoms with Gasteiger partial charge in [0.1, 0.15) is 10.8 Å². The molecule has 0 saturated heterocycles. The van der Waals surface area contributed by atoms with Gasteiger partial charge in [-0.3, -0.25) is 0 Å². The van der Waals surface area contributed by atoms with E-state index in [1.807, 2.05) is 12.1 Å². The van der Waals surface area contributed by atoms with Crippen LogP contribution in [0, 0.1) is 0 Å². The average molecular weight is 247 g/mol. The lowest BCUT2D eigenvalue weighted by Gasteiger charge is -2.14. The number of phenolic OH excluding ortho intramolecular Hbond substituents is 1. The number of hydrogen-bond acceptors (Lipinski definition) is 4. The highest BCUT2D eigenvalue weighted by Gasteiger charge is 2.23. The quantitative estimate of drug-likeness (QED) is 0.814. The second-order valence-electron chi connectivity index (χ2n) is 4.29. The molecule has 88 valence electrons. The van der Waals surface area contributed by atoms with Crippen molar-refractivity contribution in [2.45, 2.75) is 25.4 Å². The predicted octanol–water partition coefficient (Wildman–Crippen LogP) is 2.89. The van der Waals surface area contributed by atoms with Gasteiger partial charge in [-0.05, 0) is 31.4 Å². The van der Waals surface area contributed by atoms with E-state index in [-0.39, 0.29) is 5.75 Å². The molecule has 3 nitrogen and oxygen atoms in total. The third-order valence-corrected chi connectivity index (χ3v) is 4.20. The summed E-state index contributed by atoms with van der Waals surface area (Å²) in [5.41, 5.74) is 1.75. The Morgan fingerprint density at radius 1 is 1.35 bits per heavy atom. The van der Waals surface area contributed by atoms with Crippen molar-refractivity contribution in [3.05, 3.63) is 34.8 Å². The molecule has 1 unspecified atom stereocenters. The van der Waals surface area contributed by atoms with Crippen LogP contribution in [0.3, 0.4) is 0 Å². The lowest BCUT2D eigenvalue weighted by molar-refractivity contribution is 0.153. The molecule has 1 heterocycles. The standard InChI is InChI=1S/C13H13NO2S/c15-9-4-1-3-8(7-9)13-14-12-10(16)5-2-6-11(12)17-13/h1,3-4,7,10,15-16H,2,5-6H2. The van der Waals surface area contributed by atoms with E-state index in [4.69, 9.17) is 0 Å². The molecule has 17 heavy (non-hydrogen) atoms. The zero-order valence-corrected chi connectivity index (χ0v) is 10.1. The molecular formula is C13H13NO2S. The van der Waals surface area contributed by atoms with Gasteiger partial charge in [-0.1, -0.05) is 12.1 Å². The second kappa shape index (κ2) is 4.13. The number of thiazole rings is 1. The van der Waals surface area contributed by atoms with Crippen LogP contribution in [0.4, 0.5) is 0 Å². The molecule has 0 aliphatic heterocycles. The molecule has 2 N–H and O–H groups in total. The van der Waals surface area contributed by atoms with E-state index < -0.39 is 6.10 Å². The first-order valence-corrected chi connectivity index (χ1v) is 6.53. The third kappa shape index (κ3) is 1.94. The first-order chi connectivity index (χ1) is 8.24. The van der Waals surface area contributed by atoms with Gasteiger partial charge < -0.3 is 10.2 Å². The molecule has 1 atom stereocenters. The van der Waals surface area contributed by atoms with E-state index in [0.29, 0.717) is 0 Å². The van der Waals surface area contributed by atoms with Crippen LogP contribution in [-0.2, 0) is 6.42 Å². The van der Waals surface area contributed by atoms with Crippen molar-refractivity contribution < 1.29 is 10.2 Å². The molecule has 4 heteroatoms. The van der Waals surface area contributed by atoms with Crippen molar-refractivity contribution in [2.24, 2.45) is 0 Å². The van der Waals surface area contributed by atoms with Crippen LogP contribution in [0.15, 0.2) is 24.3 Å². The average Bonchev–Trinajstić information content (AvgIpc) is 2.74. The van der Waals surface area contributed by atoms with Crippen LogP contribution in [0.1, 0.15) is 29.5 Å². The van der Waals surface area contributed by atoms with Crippen molar-refractivity contribution in [3.63, 3.8) is 0 Å². The van der Waals surface area contributed by atoms with Crippen molar-refractivity contribution in [1.82, 2.24) is 4.98 Å². The van der Waals surface area contributed by atoms with Crippen LogP contribution in [0.2, 0.25) is 0 Å². The van der Waals surface area contributed by atoms with Crippen LogP contribution in [0.5, 0.6) is 5.75 Å². The Kier molecular flexibility index (Phi) is 2.61. The summed E-state index contributed by atoms with van der Waals surface area (Å²) in [6.07, 6.45) is 2.41. The minimum atomic E-state index is -0.416. The van der Waals surface area contributed by atoms with Gasteiger partial charge in [0, 0.05) is 10.4 Å². The van der Waals surface area contributed by atoms with Gasteiger partial charge in [0.25, 0.3) is 0 Å². The summed E-state index contributed by atoms with van der Waals surface area (Å²) in [6.45, 7) is 0. The number of aromatic nitrogens is 1. The van der Waals surface area contributed by atoms with E-state index in [2.05, 4.69) is 4.98 Å². The van der Waals surface area contributed by atoms with Crippen LogP contribution in [0.25, 0.3) is 10.6 Å². The summed E-state index contributed by atoms with van der Waals surface area (Å²) < 4.78 is 0. The molecule has 3 rings (SSSR count). The van der Waals surface area contributed by atoms with E-state index in [1.54, 1.807) is 23.5 Å². The summed E-state index contributed by atoms with van der Waals surface area (Å²) in [7, 11) is 0. The molecular weight excluding hydrogens is 234 g/mol. The minimum absolute atomic E-state index is 0.247. The Labute approximate surface area is 103 Å². The maximum absolute atomic E-state index is 9.87. The van der Waals surface area contributed by atoms with Crippen LogP contribution in [-0.4, -0.2) is 15.2 Å². The first kappa shape index (κ1) is 10.7. The molecule has 0 amide bonds. The highest BCUT2D eigenvalue weighted by atomic mass is 32.1. The smallest absolute Gasteiger partial charge is 0.124 e. The molecule has 1 aromatic heterocycles. The largest absolute Gasteiger partial charge is 0.508 e. The van der Waals surface area contributed by atoms with Crippen molar-refractivity contribution in [2.75, 3.05) is 0 Å². The van der Waals surface area contributed by atoms with Crippen molar-refractivity contribution >= 4 is 11.3 Å². The van der Waals surface area contributed by atoms with Gasteiger partial charge in [-0.2, -0.15) is 0 Å². The number of rotatable bonds is 1. The summed E-state index contributed by atoms with van der Waals surface area (Å²) in [4.78, 5) is 5.68. The predicted molar refractivity (Wildman–Crippen MR) is 67.1 cm³/mol. The Morgan fingerprint density at radius 2 is 2.24 bits per heavy atom. The monoisotopic (exact) mass is 247 g/mol. The third-order valence-electron chi connectivity index (χ3n) is 3.02. The zero-order valence-electron chi connectivity index (χ0n) is 9.26. The molecule has 0 radical (unpaired) electrons. The van der Waals surface area contributed by atoms with Gasteiger partial charge in [-0.25, -0.2) is 4.98 Å². The number of aryl methyl sites for hydroxylation is 1. The molecule has 0 fully saturated rings. The second-order valence-corrected chi connectivity index (χ2v) is 5.37. The maximum Gasteiger partial charge on any atom is 0.124 e. The van der Waals surface area contributed by atoms with Gasteiger partial charge >= 0.3 is 0 Å². The zero-order chi connectivity index (χ0) is 11.8. The van der Waals surface area contributed by atoms with Crippen LogP contribution < -0.4 is 0 Å². The molecule has 1 aromatic carbocycles. The fourth-order valence-corrected chi connectivity index (χ4v) is 3.31. The lowest BCUT2D eigenvalue weighted by atomic mass is 10.0. The van der Waals surface area contributed by atoms with E-state index in [1.165, 1.54) is 4.88 Å². The molecule has 2 aromatic rings. The number of hydrogen-bond donors (Lipinski definition) is 2. The Morgan fingerprint density at radius 3 is 3.00 bits per heavy atom. The maximum atomic E-state index is 9.87. The van der Waals surface area contributed by atoms with Gasteiger partial charge in [0.15, 0.2) is 0 Å². The Hall–Kier alpha value is -1.39. The lowest BCUT2D eigenvalue weighted by Crippen LogP contribution is -2.07. The van der Waals surface area contributed by atoms with E-state index in [0.717, 1.165) is 35.5 Å². The van der Waals surface area contributed by atoms with Crippen LogP contribution >= 0.6 is 11.3 Å². The highest BCUT2D eigenvalue weighted by Crippen LogP contribution is 2.37. The fourth-order valence-electron chi connectivity index (χ4n) is 2.16. The fraction of sp³-hybridized carbons (Fsp3) is 0.308. The van der Waals surface area contributed by atoms with Gasteiger partial charge in [0.2, 0.25) is 0 Å². The van der Waals surface area contributed by atoms with Gasteiger partial charge in [-0.15, -0.1) is 11.3 Å². The summed E-state index contributed by atoms with van der Waals surface area (Å²) >= 11 is 1.62. The summed E-state index contributed by atoms with van der Waals surface area (Å²) in [6, 6.07) is 7.08. The minimum Gasteiger partial charge on any atom is -0.508 e. The topological polar surface area (TPSA) is 53.4 Å². The van der Waals surface area contributed by atoms with Gasteiger partial charge in [0.05, 0.1) is 11.8 Å². The highest BCUT2D eigenvalue weighted by molar-refractivity contribution is 7.15. The first-order valence-electron chi connectivity index (χ1n) is 5.71. The summed E-state index contributed by atoms with van der Waals surface area (Å²) in [5.74, 6) is 0.247. The van der Waals surface area contributed by atoms with Crippen molar-refractivity contribution in [1.29, 1.82) is 0 Å². The number of phenols is 1. The van der Waals surface area contributed by atoms with Crippen molar-refractivity contribution in [3.8, 4) is 16.3 Å². The number of aliphatic hydroxyl groups is 1. The number of nitrogens with zero attached hydrogens (tertiary/aromatic N) is 1. The molecule has 1 aliphatic carbocycles. The number of benzene rings is 1. The number of aromatic hydroxyl groups is 1. The Balaban J connectivity index is 2.05. The molecule has 0 bridgehead atoms. The van der Waals surface area contributed by atoms with E-state index in [9.17, 15) is 10.2 Å². The van der Waals surface area contributed by atoms with E-state index >= 15 is 0 Å². The Bertz CT molecular complexity index is 550.